The molecular weight excluding hydrogens is 694 g/mol. The van der Waals surface area contributed by atoms with Crippen LogP contribution in [0.15, 0.2) is 48.7 Å². The number of benzene rings is 2. The van der Waals surface area contributed by atoms with E-state index in [-0.39, 0.29) is 56.8 Å². The van der Waals surface area contributed by atoms with Gasteiger partial charge >= 0.3 is 0 Å². The van der Waals surface area contributed by atoms with Crippen molar-refractivity contribution in [1.82, 2.24) is 41.2 Å². The quantitative estimate of drug-likeness (QED) is 0.221. The molecule has 2 heterocycles. The number of fused-ring (bicyclic) bond motifs is 2. The van der Waals surface area contributed by atoms with Gasteiger partial charge < -0.3 is 36.6 Å². The molecule has 1 aromatic heterocycles. The number of likely N-dealkylation sites (N-methyl/N-ethyl adjacent to an activating group) is 1. The van der Waals surface area contributed by atoms with E-state index in [1.54, 1.807) is 18.5 Å². The number of nitrogens with two attached hydrogens (primary N) is 1. The topological polar surface area (TPSA) is 220 Å². The average molecular weight is 748 g/mol. The van der Waals surface area contributed by atoms with E-state index in [1.165, 1.54) is 18.1 Å². The van der Waals surface area contributed by atoms with Crippen molar-refractivity contribution in [1.29, 1.82) is 0 Å². The number of nitrogens with zero attached hydrogens (tertiary/aromatic N) is 4. The van der Waals surface area contributed by atoms with Gasteiger partial charge in [-0.1, -0.05) is 75.4 Å². The fourth-order valence-corrected chi connectivity index (χ4v) is 6.48. The zero-order chi connectivity index (χ0) is 39.4. The first-order valence-corrected chi connectivity index (χ1v) is 18.4. The molecule has 292 valence electrons. The second-order valence-corrected chi connectivity index (χ2v) is 14.4. The second-order valence-electron chi connectivity index (χ2n) is 14.4. The maximum atomic E-state index is 14.3. The van der Waals surface area contributed by atoms with Crippen molar-refractivity contribution in [3.63, 3.8) is 0 Å². The van der Waals surface area contributed by atoms with Gasteiger partial charge in [0.15, 0.2) is 0 Å². The molecule has 0 bridgehead atoms. The van der Waals surface area contributed by atoms with Crippen LogP contribution in [0.1, 0.15) is 64.6 Å². The van der Waals surface area contributed by atoms with Gasteiger partial charge in [0.2, 0.25) is 35.4 Å². The van der Waals surface area contributed by atoms with Crippen molar-refractivity contribution in [3.8, 4) is 0 Å². The first-order valence-electron chi connectivity index (χ1n) is 18.4. The highest BCUT2D eigenvalue weighted by atomic mass is 16.5. The van der Waals surface area contributed by atoms with E-state index < -0.39 is 53.7 Å². The number of ether oxygens (including phenoxy) is 1. The summed E-state index contributed by atoms with van der Waals surface area (Å²) in [5, 5.41) is 20.8. The molecule has 3 aromatic rings. The molecule has 16 nitrogen and oxygen atoms in total. The van der Waals surface area contributed by atoms with Crippen LogP contribution in [0.4, 0.5) is 0 Å². The lowest BCUT2D eigenvalue weighted by molar-refractivity contribution is -0.142. The molecule has 0 saturated carbocycles. The molecule has 4 rings (SSSR count). The molecule has 0 spiro atoms. The summed E-state index contributed by atoms with van der Waals surface area (Å²) in [4.78, 5) is 81.7. The maximum absolute atomic E-state index is 14.3. The number of nitrogens with one attached hydrogen (secondary N) is 4. The van der Waals surface area contributed by atoms with Gasteiger partial charge in [0.25, 0.3) is 0 Å². The van der Waals surface area contributed by atoms with E-state index in [4.69, 9.17) is 10.5 Å². The lowest BCUT2D eigenvalue weighted by Crippen LogP contribution is -2.60. The maximum Gasteiger partial charge on any atom is 0.245 e. The third kappa shape index (κ3) is 11.6. The summed E-state index contributed by atoms with van der Waals surface area (Å²) in [6.45, 7) is 7.12. The van der Waals surface area contributed by atoms with Gasteiger partial charge in [-0.25, -0.2) is 4.68 Å². The van der Waals surface area contributed by atoms with Crippen LogP contribution in [0.2, 0.25) is 0 Å². The molecule has 6 N–H and O–H groups in total. The zero-order valence-electron chi connectivity index (χ0n) is 31.7. The smallest absolute Gasteiger partial charge is 0.245 e. The molecule has 0 aliphatic carbocycles. The number of hydrogen-bond donors (Lipinski definition) is 5. The number of aryl methyl sites for hydroxylation is 1. The number of amides is 6. The summed E-state index contributed by atoms with van der Waals surface area (Å²) >= 11 is 0. The molecule has 4 atom stereocenters. The summed E-state index contributed by atoms with van der Waals surface area (Å²) in [5.74, 6) is -3.85. The highest BCUT2D eigenvalue weighted by Crippen LogP contribution is 2.21. The number of carbonyl (C=O) groups excluding carboxylic acids is 6. The number of carbonyl (C=O) groups is 6. The normalized spacial score (nSPS) is 20.7. The lowest BCUT2D eigenvalue weighted by Gasteiger charge is -2.32. The van der Waals surface area contributed by atoms with Crippen molar-refractivity contribution in [2.45, 2.75) is 97.1 Å². The van der Waals surface area contributed by atoms with E-state index in [2.05, 4.69) is 31.6 Å². The third-order valence-electron chi connectivity index (χ3n) is 9.34. The Morgan fingerprint density at radius 2 is 1.74 bits per heavy atom. The number of hydrogen-bond acceptors (Lipinski definition) is 9. The number of rotatable bonds is 8. The molecule has 2 aromatic carbocycles. The van der Waals surface area contributed by atoms with Crippen molar-refractivity contribution in [3.05, 3.63) is 59.9 Å². The van der Waals surface area contributed by atoms with Crippen LogP contribution in [-0.2, 0) is 53.1 Å². The molecule has 1 aliphatic heterocycles. The standard InChI is InChI=1S/C38H53N9O7/c1-23(2)17-29(35(39)50)42-37(52)31-22-54-21-27-19-41-45-47(27)16-9-8-15-32(48)40-20-33(49)46(5)34(24(3)4)38(53)43-30(36(51)44-31)18-26-13-10-12-25-11-6-7-14-28(25)26/h6-7,10-14,19,23-24,29-31,34H,8-9,15-18,20-22H2,1-5H3,(H2,39,50)(H,40,48)(H,42,52)(H,43,53)(H,44,51)/t29-,30-,31-,34-/m0/s1. The van der Waals surface area contributed by atoms with Crippen LogP contribution >= 0.6 is 0 Å². The largest absolute Gasteiger partial charge is 0.372 e. The minimum atomic E-state index is -1.31. The van der Waals surface area contributed by atoms with Crippen LogP contribution in [0.5, 0.6) is 0 Å². The summed E-state index contributed by atoms with van der Waals surface area (Å²) in [5.41, 5.74) is 6.99. The van der Waals surface area contributed by atoms with E-state index in [9.17, 15) is 28.8 Å². The Morgan fingerprint density at radius 3 is 2.46 bits per heavy atom. The van der Waals surface area contributed by atoms with Gasteiger partial charge in [-0.3, -0.25) is 28.8 Å². The molecule has 0 saturated heterocycles. The summed E-state index contributed by atoms with van der Waals surface area (Å²) in [7, 11) is 1.48. The Labute approximate surface area is 315 Å². The highest BCUT2D eigenvalue weighted by molar-refractivity contribution is 5.96. The Kier molecular flexibility index (Phi) is 15.0. The van der Waals surface area contributed by atoms with Gasteiger partial charge in [-0.2, -0.15) is 0 Å². The van der Waals surface area contributed by atoms with Crippen molar-refractivity contribution in [2.75, 3.05) is 20.2 Å². The fraction of sp³-hybridized carbons (Fsp3) is 0.526. The van der Waals surface area contributed by atoms with E-state index in [1.807, 2.05) is 56.3 Å². The molecule has 6 amide bonds. The third-order valence-corrected chi connectivity index (χ3v) is 9.34. The van der Waals surface area contributed by atoms with Gasteiger partial charge in [-0.05, 0) is 47.4 Å². The van der Waals surface area contributed by atoms with Gasteiger partial charge in [-0.15, -0.1) is 5.10 Å². The Bertz CT molecular complexity index is 1790. The summed E-state index contributed by atoms with van der Waals surface area (Å²) in [6, 6.07) is 8.74. The first-order chi connectivity index (χ1) is 25.7. The first kappa shape index (κ1) is 41.4. The Hall–Kier alpha value is -5.38. The van der Waals surface area contributed by atoms with Crippen LogP contribution in [0.3, 0.4) is 0 Å². The van der Waals surface area contributed by atoms with E-state index >= 15 is 0 Å². The Balaban J connectivity index is 1.71. The minimum absolute atomic E-state index is 0.0148. The predicted molar refractivity (Wildman–Crippen MR) is 200 cm³/mol. The predicted octanol–water partition coefficient (Wildman–Crippen LogP) is 0.960. The molecule has 0 unspecified atom stereocenters. The van der Waals surface area contributed by atoms with Crippen LogP contribution < -0.4 is 27.0 Å². The molecule has 54 heavy (non-hydrogen) atoms. The van der Waals surface area contributed by atoms with Crippen LogP contribution in [-0.4, -0.2) is 99.7 Å². The summed E-state index contributed by atoms with van der Waals surface area (Å²) < 4.78 is 7.58. The van der Waals surface area contributed by atoms with E-state index in [0.717, 1.165) is 16.3 Å². The minimum Gasteiger partial charge on any atom is -0.372 e. The lowest BCUT2D eigenvalue weighted by atomic mass is 9.96. The van der Waals surface area contributed by atoms with Crippen LogP contribution in [0.25, 0.3) is 10.8 Å². The molecular formula is C38H53N9O7. The zero-order valence-corrected chi connectivity index (χ0v) is 31.7. The van der Waals surface area contributed by atoms with Crippen molar-refractivity contribution in [2.24, 2.45) is 17.6 Å². The van der Waals surface area contributed by atoms with Crippen molar-refractivity contribution >= 4 is 46.2 Å². The second kappa shape index (κ2) is 19.6. The van der Waals surface area contributed by atoms with E-state index in [0.29, 0.717) is 25.1 Å². The molecule has 16 heteroatoms. The SMILES string of the molecule is CC(C)C[C@H](NC(=O)[C@@H]1COCc2cnnn2CCCCC(=O)NCC(=O)N(C)[C@@H](C(C)C)C(=O)N[C@@H](Cc2cccc3ccccc23)C(=O)N1)C(N)=O. The number of aromatic nitrogens is 3. The Morgan fingerprint density at radius 1 is 1.00 bits per heavy atom. The highest BCUT2D eigenvalue weighted by Gasteiger charge is 2.35. The van der Waals surface area contributed by atoms with Gasteiger partial charge in [0, 0.05) is 26.4 Å². The molecule has 0 fully saturated rings. The van der Waals surface area contributed by atoms with Gasteiger partial charge in [0.05, 0.1) is 31.6 Å². The molecule has 0 radical (unpaired) electrons. The van der Waals surface area contributed by atoms with Crippen molar-refractivity contribution < 1.29 is 33.5 Å². The average Bonchev–Trinajstić information content (AvgIpc) is 3.57. The molecule has 1 aliphatic rings. The van der Waals surface area contributed by atoms with Crippen LogP contribution in [0, 0.1) is 11.8 Å². The summed E-state index contributed by atoms with van der Waals surface area (Å²) in [6.07, 6.45) is 3.10. The monoisotopic (exact) mass is 747 g/mol. The van der Waals surface area contributed by atoms with Gasteiger partial charge in [0.1, 0.15) is 24.2 Å². The number of primary amides is 1. The fourth-order valence-electron chi connectivity index (χ4n) is 6.48.